The Bertz CT molecular complexity index is 3110. The molecule has 11 aromatic rings. The Labute approximate surface area is 296 Å². The standard InChI is InChI=1S/C46H28N2S2/c1-2-12-31(13-3-1)48-38-18-7-4-14-33(38)35-17-10-20-40(46(35)48)47(39-19-11-23-43-45(39)36-16-6-9-22-42(36)49-43)32-25-24-29-28-44-37(27-30(29)26-32)34-15-5-8-21-41(34)50-44/h1-28H. The van der Waals surface area contributed by atoms with E-state index in [-0.39, 0.29) is 0 Å². The van der Waals surface area contributed by atoms with E-state index in [1.54, 1.807) is 0 Å². The van der Waals surface area contributed by atoms with Gasteiger partial charge in [-0.1, -0.05) is 97.1 Å². The van der Waals surface area contributed by atoms with Gasteiger partial charge >= 0.3 is 0 Å². The molecule has 0 fully saturated rings. The molecule has 0 aliphatic carbocycles. The van der Waals surface area contributed by atoms with Crippen LogP contribution in [0.15, 0.2) is 170 Å². The molecule has 0 spiro atoms. The van der Waals surface area contributed by atoms with Crippen LogP contribution >= 0.6 is 22.7 Å². The summed E-state index contributed by atoms with van der Waals surface area (Å²) >= 11 is 3.74. The molecule has 0 aliphatic heterocycles. The van der Waals surface area contributed by atoms with Crippen molar-refractivity contribution in [3.63, 3.8) is 0 Å². The minimum atomic E-state index is 1.14. The number of benzene rings is 8. The van der Waals surface area contributed by atoms with Crippen molar-refractivity contribution in [2.75, 3.05) is 4.90 Å². The van der Waals surface area contributed by atoms with Gasteiger partial charge in [-0.15, -0.1) is 22.7 Å². The first kappa shape index (κ1) is 28.0. The summed E-state index contributed by atoms with van der Waals surface area (Å²) in [5.74, 6) is 0. The fraction of sp³-hybridized carbons (Fsp3) is 0. The Hall–Kier alpha value is -5.94. The first-order valence-electron chi connectivity index (χ1n) is 16.9. The number of fused-ring (bicyclic) bond motifs is 10. The lowest BCUT2D eigenvalue weighted by Gasteiger charge is -2.28. The number of aromatic nitrogens is 1. The Morgan fingerprint density at radius 3 is 1.94 bits per heavy atom. The second-order valence-corrected chi connectivity index (χ2v) is 15.1. The van der Waals surface area contributed by atoms with E-state index in [9.17, 15) is 0 Å². The minimum Gasteiger partial charge on any atom is -0.308 e. The Balaban J connectivity index is 1.27. The fourth-order valence-electron chi connectivity index (χ4n) is 7.97. The van der Waals surface area contributed by atoms with Gasteiger partial charge in [-0.3, -0.25) is 0 Å². The molecule has 0 radical (unpaired) electrons. The van der Waals surface area contributed by atoms with Crippen molar-refractivity contribution in [2.45, 2.75) is 0 Å². The van der Waals surface area contributed by atoms with Gasteiger partial charge in [0.2, 0.25) is 0 Å². The summed E-state index contributed by atoms with van der Waals surface area (Å²) in [5, 5.41) is 10.2. The van der Waals surface area contributed by atoms with E-state index in [0.717, 1.165) is 17.1 Å². The van der Waals surface area contributed by atoms with E-state index < -0.39 is 0 Å². The van der Waals surface area contributed by atoms with Gasteiger partial charge in [0, 0.05) is 62.5 Å². The van der Waals surface area contributed by atoms with Crippen LogP contribution in [-0.2, 0) is 0 Å². The molecule has 4 heteroatoms. The van der Waals surface area contributed by atoms with Crippen LogP contribution in [0.2, 0.25) is 0 Å². The molecule has 3 heterocycles. The van der Waals surface area contributed by atoms with Crippen molar-refractivity contribution in [2.24, 2.45) is 0 Å². The van der Waals surface area contributed by atoms with Gasteiger partial charge < -0.3 is 9.47 Å². The van der Waals surface area contributed by atoms with Crippen LogP contribution in [0, 0.1) is 0 Å². The van der Waals surface area contributed by atoms with Crippen LogP contribution in [0.25, 0.3) is 78.6 Å². The molecule has 0 bridgehead atoms. The second kappa shape index (κ2) is 10.8. The van der Waals surface area contributed by atoms with Crippen molar-refractivity contribution in [1.29, 1.82) is 0 Å². The maximum atomic E-state index is 2.51. The summed E-state index contributed by atoms with van der Waals surface area (Å²) in [6, 6.07) is 62.5. The highest BCUT2D eigenvalue weighted by atomic mass is 32.1. The van der Waals surface area contributed by atoms with E-state index in [1.165, 1.54) is 78.6 Å². The highest BCUT2D eigenvalue weighted by Crippen LogP contribution is 2.48. The molecular weight excluding hydrogens is 645 g/mol. The Kier molecular flexibility index (Phi) is 6.03. The molecule has 0 aliphatic rings. The highest BCUT2D eigenvalue weighted by Gasteiger charge is 2.24. The predicted octanol–water partition coefficient (Wildman–Crippen LogP) is 14.1. The summed E-state index contributed by atoms with van der Waals surface area (Å²) < 4.78 is 7.69. The number of hydrogen-bond acceptors (Lipinski definition) is 3. The van der Waals surface area contributed by atoms with E-state index in [4.69, 9.17) is 0 Å². The van der Waals surface area contributed by atoms with Crippen LogP contribution < -0.4 is 4.90 Å². The summed E-state index contributed by atoms with van der Waals surface area (Å²) in [6.07, 6.45) is 0. The minimum absolute atomic E-state index is 1.14. The zero-order valence-corrected chi connectivity index (χ0v) is 28.5. The summed E-state index contributed by atoms with van der Waals surface area (Å²) in [7, 11) is 0. The van der Waals surface area contributed by atoms with Gasteiger partial charge in [0.1, 0.15) is 0 Å². The molecule has 11 rings (SSSR count). The number of para-hydroxylation sites is 3. The number of rotatable bonds is 4. The topological polar surface area (TPSA) is 8.17 Å². The van der Waals surface area contributed by atoms with Crippen molar-refractivity contribution in [3.8, 4) is 5.69 Å². The third kappa shape index (κ3) is 4.07. The number of thiophene rings is 2. The third-order valence-electron chi connectivity index (χ3n) is 10.1. The highest BCUT2D eigenvalue weighted by molar-refractivity contribution is 7.26. The Morgan fingerprint density at radius 2 is 1.06 bits per heavy atom. The normalized spacial score (nSPS) is 12.0. The van der Waals surface area contributed by atoms with E-state index in [2.05, 4.69) is 179 Å². The smallest absolute Gasteiger partial charge is 0.0782 e. The second-order valence-electron chi connectivity index (χ2n) is 12.9. The largest absolute Gasteiger partial charge is 0.308 e. The van der Waals surface area contributed by atoms with Crippen LogP contribution in [-0.4, -0.2) is 4.57 Å². The molecule has 2 nitrogen and oxygen atoms in total. The molecule has 0 atom stereocenters. The van der Waals surface area contributed by atoms with Gasteiger partial charge in [-0.25, -0.2) is 0 Å². The number of hydrogen-bond donors (Lipinski definition) is 0. The Morgan fingerprint density at radius 1 is 0.400 bits per heavy atom. The zero-order chi connectivity index (χ0) is 32.8. The third-order valence-corrected chi connectivity index (χ3v) is 12.4. The molecule has 0 saturated carbocycles. The van der Waals surface area contributed by atoms with Gasteiger partial charge in [0.05, 0.1) is 22.4 Å². The molecule has 234 valence electrons. The first-order valence-corrected chi connectivity index (χ1v) is 18.6. The van der Waals surface area contributed by atoms with E-state index in [1.807, 2.05) is 22.7 Å². The SMILES string of the molecule is c1ccc(-n2c3ccccc3c3cccc(N(c4ccc5cc6sc7ccccc7c6cc5c4)c4cccc5sc6ccccc6c45)c32)cc1. The molecule has 0 saturated heterocycles. The van der Waals surface area contributed by atoms with Crippen LogP contribution in [0.1, 0.15) is 0 Å². The zero-order valence-electron chi connectivity index (χ0n) is 26.9. The van der Waals surface area contributed by atoms with Gasteiger partial charge in [-0.05, 0) is 83.6 Å². The maximum absolute atomic E-state index is 2.51. The molecule has 3 aromatic heterocycles. The van der Waals surface area contributed by atoms with Crippen molar-refractivity contribution in [3.05, 3.63) is 170 Å². The van der Waals surface area contributed by atoms with E-state index in [0.29, 0.717) is 0 Å². The summed E-state index contributed by atoms with van der Waals surface area (Å²) in [4.78, 5) is 2.51. The molecular formula is C46H28N2S2. The predicted molar refractivity (Wildman–Crippen MR) is 219 cm³/mol. The van der Waals surface area contributed by atoms with Crippen molar-refractivity contribution >= 4 is 113 Å². The van der Waals surface area contributed by atoms with Crippen molar-refractivity contribution in [1.82, 2.24) is 4.57 Å². The number of anilines is 3. The van der Waals surface area contributed by atoms with Gasteiger partial charge in [0.25, 0.3) is 0 Å². The average molecular weight is 673 g/mol. The molecule has 0 unspecified atom stereocenters. The molecule has 0 N–H and O–H groups in total. The monoisotopic (exact) mass is 672 g/mol. The van der Waals surface area contributed by atoms with Crippen LogP contribution in [0.5, 0.6) is 0 Å². The van der Waals surface area contributed by atoms with E-state index >= 15 is 0 Å². The first-order chi connectivity index (χ1) is 24.8. The molecule has 8 aromatic carbocycles. The molecule has 0 amide bonds. The quantitative estimate of drug-likeness (QED) is 0.181. The molecule has 50 heavy (non-hydrogen) atoms. The average Bonchev–Trinajstić information content (AvgIpc) is 3.84. The lowest BCUT2D eigenvalue weighted by atomic mass is 10.0. The van der Waals surface area contributed by atoms with Crippen LogP contribution in [0.3, 0.4) is 0 Å². The maximum Gasteiger partial charge on any atom is 0.0782 e. The van der Waals surface area contributed by atoms with Gasteiger partial charge in [-0.2, -0.15) is 0 Å². The van der Waals surface area contributed by atoms with Crippen molar-refractivity contribution < 1.29 is 0 Å². The number of nitrogens with zero attached hydrogens (tertiary/aromatic N) is 2. The summed E-state index contributed by atoms with van der Waals surface area (Å²) in [6.45, 7) is 0. The summed E-state index contributed by atoms with van der Waals surface area (Å²) in [5.41, 5.74) is 7.00. The van der Waals surface area contributed by atoms with Gasteiger partial charge in [0.15, 0.2) is 0 Å². The van der Waals surface area contributed by atoms with Crippen LogP contribution in [0.4, 0.5) is 17.1 Å². The fourth-order valence-corrected chi connectivity index (χ4v) is 10.2. The lowest BCUT2D eigenvalue weighted by Crippen LogP contribution is -2.12. The lowest BCUT2D eigenvalue weighted by molar-refractivity contribution is 1.17.